The number of halogens is 1. The maximum atomic E-state index is 13.4. The summed E-state index contributed by atoms with van der Waals surface area (Å²) in [7, 11) is 0. The lowest BCUT2D eigenvalue weighted by atomic mass is 9.85. The standard InChI is InChI=1S/C24H30FN3O6/c1-15(21(29)22-27-18-8-7-17(25)14-19(18)33-22)26-24(31)34-20(13-16-5-3-2-4-6-16)23(30)28-9-11-32-12-10-28/h7-8,14-16,20H,2-6,9-13H2,1H3,(H,26,31). The maximum absolute atomic E-state index is 13.4. The van der Waals surface area contributed by atoms with Gasteiger partial charge in [-0.25, -0.2) is 14.2 Å². The van der Waals surface area contributed by atoms with E-state index in [0.717, 1.165) is 31.7 Å². The Kier molecular flexibility index (Phi) is 7.77. The molecule has 1 aliphatic heterocycles. The third-order valence-corrected chi connectivity index (χ3v) is 6.41. The molecule has 1 saturated heterocycles. The number of ether oxygens (including phenoxy) is 2. The molecule has 2 heterocycles. The highest BCUT2D eigenvalue weighted by molar-refractivity contribution is 5.99. The molecule has 1 saturated carbocycles. The van der Waals surface area contributed by atoms with Crippen LogP contribution in [0.25, 0.3) is 11.1 Å². The molecule has 1 aromatic heterocycles. The normalized spacial score (nSPS) is 18.9. The van der Waals surface area contributed by atoms with Crippen molar-refractivity contribution in [2.45, 2.75) is 57.6 Å². The van der Waals surface area contributed by atoms with E-state index in [-0.39, 0.29) is 17.4 Å². The number of aromatic nitrogens is 1. The minimum atomic E-state index is -1.01. The van der Waals surface area contributed by atoms with Crippen LogP contribution in [0.3, 0.4) is 0 Å². The first-order valence-corrected chi connectivity index (χ1v) is 11.8. The molecular weight excluding hydrogens is 445 g/mol. The summed E-state index contributed by atoms with van der Waals surface area (Å²) in [4.78, 5) is 44.2. The highest BCUT2D eigenvalue weighted by atomic mass is 19.1. The summed E-state index contributed by atoms with van der Waals surface area (Å²) in [5.41, 5.74) is 0.477. The van der Waals surface area contributed by atoms with Gasteiger partial charge in [0.1, 0.15) is 11.3 Å². The number of carbonyl (C=O) groups is 3. The van der Waals surface area contributed by atoms with Gasteiger partial charge >= 0.3 is 6.09 Å². The zero-order valence-electron chi connectivity index (χ0n) is 19.3. The van der Waals surface area contributed by atoms with E-state index < -0.39 is 29.8 Å². The summed E-state index contributed by atoms with van der Waals surface area (Å²) >= 11 is 0. The van der Waals surface area contributed by atoms with Gasteiger partial charge in [0.2, 0.25) is 5.78 Å². The van der Waals surface area contributed by atoms with Gasteiger partial charge in [-0.15, -0.1) is 0 Å². The van der Waals surface area contributed by atoms with E-state index in [4.69, 9.17) is 13.9 Å². The van der Waals surface area contributed by atoms with Crippen molar-refractivity contribution in [2.75, 3.05) is 26.3 Å². The number of alkyl carbamates (subject to hydrolysis) is 1. The fourth-order valence-electron chi connectivity index (χ4n) is 4.51. The van der Waals surface area contributed by atoms with Gasteiger partial charge in [0.25, 0.3) is 11.8 Å². The largest absolute Gasteiger partial charge is 0.436 e. The third kappa shape index (κ3) is 5.91. The average Bonchev–Trinajstić information content (AvgIpc) is 3.27. The van der Waals surface area contributed by atoms with Crippen LogP contribution in [0.5, 0.6) is 0 Å². The highest BCUT2D eigenvalue weighted by Crippen LogP contribution is 2.29. The summed E-state index contributed by atoms with van der Waals surface area (Å²) in [5, 5.41) is 2.48. The fraction of sp³-hybridized carbons (Fsp3) is 0.583. The van der Waals surface area contributed by atoms with Crippen LogP contribution in [0.2, 0.25) is 0 Å². The lowest BCUT2D eigenvalue weighted by Crippen LogP contribution is -2.49. The molecule has 4 rings (SSSR count). The zero-order valence-corrected chi connectivity index (χ0v) is 19.3. The highest BCUT2D eigenvalue weighted by Gasteiger charge is 2.33. The summed E-state index contributed by atoms with van der Waals surface area (Å²) in [5.74, 6) is -1.25. The lowest BCUT2D eigenvalue weighted by molar-refractivity contribution is -0.145. The van der Waals surface area contributed by atoms with Crippen molar-refractivity contribution in [1.82, 2.24) is 15.2 Å². The Morgan fingerprint density at radius 1 is 1.21 bits per heavy atom. The second kappa shape index (κ2) is 10.9. The Morgan fingerprint density at radius 3 is 2.68 bits per heavy atom. The molecule has 2 fully saturated rings. The minimum absolute atomic E-state index is 0.141. The van der Waals surface area contributed by atoms with E-state index in [0.29, 0.717) is 44.2 Å². The van der Waals surface area contributed by atoms with Crippen LogP contribution in [0.1, 0.15) is 56.1 Å². The van der Waals surface area contributed by atoms with Gasteiger partial charge in [0, 0.05) is 19.2 Å². The summed E-state index contributed by atoms with van der Waals surface area (Å²) in [6.07, 6.45) is 4.09. The molecule has 0 radical (unpaired) electrons. The quantitative estimate of drug-likeness (QED) is 0.611. The van der Waals surface area contributed by atoms with E-state index >= 15 is 0 Å². The first-order valence-electron chi connectivity index (χ1n) is 11.8. The Hall–Kier alpha value is -3.01. The van der Waals surface area contributed by atoms with E-state index in [2.05, 4.69) is 10.3 Å². The Morgan fingerprint density at radius 2 is 1.94 bits per heavy atom. The smallest absolute Gasteiger partial charge is 0.408 e. The van der Waals surface area contributed by atoms with Crippen LogP contribution in [-0.2, 0) is 14.3 Å². The summed E-state index contributed by atoms with van der Waals surface area (Å²) < 4.78 is 29.6. The Balaban J connectivity index is 1.39. The lowest BCUT2D eigenvalue weighted by Gasteiger charge is -2.32. The number of carbonyl (C=O) groups excluding carboxylic acids is 3. The number of nitrogens with one attached hydrogen (secondary N) is 1. The van der Waals surface area contributed by atoms with E-state index in [1.165, 1.54) is 25.5 Å². The number of nitrogens with zero attached hydrogens (tertiary/aromatic N) is 2. The van der Waals surface area contributed by atoms with Crippen molar-refractivity contribution >= 4 is 28.9 Å². The molecule has 1 aromatic carbocycles. The number of hydrogen-bond donors (Lipinski definition) is 1. The van der Waals surface area contributed by atoms with Gasteiger partial charge in [-0.2, -0.15) is 0 Å². The number of hydrogen-bond acceptors (Lipinski definition) is 7. The van der Waals surface area contributed by atoms with Crippen molar-refractivity contribution in [3.05, 3.63) is 29.9 Å². The number of benzene rings is 1. The second-order valence-corrected chi connectivity index (χ2v) is 8.93. The molecule has 9 nitrogen and oxygen atoms in total. The summed E-state index contributed by atoms with van der Waals surface area (Å²) in [6, 6.07) is 2.75. The molecule has 2 amide bonds. The van der Waals surface area contributed by atoms with Gasteiger partial charge < -0.3 is 24.1 Å². The first-order chi connectivity index (χ1) is 16.4. The van der Waals surface area contributed by atoms with Crippen LogP contribution >= 0.6 is 0 Å². The number of rotatable bonds is 7. The molecule has 1 aliphatic carbocycles. The molecule has 0 spiro atoms. The molecule has 2 unspecified atom stereocenters. The SMILES string of the molecule is CC(NC(=O)OC(CC1CCCCC1)C(=O)N1CCOCC1)C(=O)c1nc2ccc(F)cc2o1. The molecule has 184 valence electrons. The number of morpholine rings is 1. The molecule has 0 bridgehead atoms. The predicted octanol–water partition coefficient (Wildman–Crippen LogP) is 3.46. The Bertz CT molecular complexity index is 1030. The van der Waals surface area contributed by atoms with Gasteiger partial charge in [0.15, 0.2) is 11.7 Å². The van der Waals surface area contributed by atoms with Crippen LogP contribution < -0.4 is 5.32 Å². The van der Waals surface area contributed by atoms with Crippen molar-refractivity contribution in [2.24, 2.45) is 5.92 Å². The van der Waals surface area contributed by atoms with Gasteiger partial charge in [-0.05, 0) is 31.4 Å². The summed E-state index contributed by atoms with van der Waals surface area (Å²) in [6.45, 7) is 3.29. The Labute approximate surface area is 197 Å². The molecule has 34 heavy (non-hydrogen) atoms. The number of ketones is 1. The molecule has 2 aromatic rings. The van der Waals surface area contributed by atoms with Crippen LogP contribution in [0.15, 0.2) is 22.6 Å². The molecule has 2 atom stereocenters. The fourth-order valence-corrected chi connectivity index (χ4v) is 4.51. The van der Waals surface area contributed by atoms with Gasteiger partial charge in [-0.1, -0.05) is 32.1 Å². The zero-order chi connectivity index (χ0) is 24.1. The predicted molar refractivity (Wildman–Crippen MR) is 120 cm³/mol. The number of oxazole rings is 1. The minimum Gasteiger partial charge on any atom is -0.436 e. The molecule has 10 heteroatoms. The van der Waals surface area contributed by atoms with Crippen molar-refractivity contribution in [3.63, 3.8) is 0 Å². The molecule has 2 aliphatic rings. The van der Waals surface area contributed by atoms with Crippen LogP contribution in [0.4, 0.5) is 9.18 Å². The molecule has 1 N–H and O–H groups in total. The van der Waals surface area contributed by atoms with Crippen LogP contribution in [-0.4, -0.2) is 66.1 Å². The number of amides is 2. The van der Waals surface area contributed by atoms with E-state index in [1.54, 1.807) is 4.90 Å². The van der Waals surface area contributed by atoms with E-state index in [9.17, 15) is 18.8 Å². The average molecular weight is 476 g/mol. The van der Waals surface area contributed by atoms with Gasteiger partial charge in [-0.3, -0.25) is 9.59 Å². The third-order valence-electron chi connectivity index (χ3n) is 6.41. The number of Topliss-reactive ketones (excluding diaryl/α,β-unsaturated/α-hetero) is 1. The van der Waals surface area contributed by atoms with E-state index in [1.807, 2.05) is 0 Å². The van der Waals surface area contributed by atoms with Crippen molar-refractivity contribution in [3.8, 4) is 0 Å². The number of fused-ring (bicyclic) bond motifs is 1. The monoisotopic (exact) mass is 475 g/mol. The van der Waals surface area contributed by atoms with Gasteiger partial charge in [0.05, 0.1) is 19.3 Å². The second-order valence-electron chi connectivity index (χ2n) is 8.93. The maximum Gasteiger partial charge on any atom is 0.408 e. The molecular formula is C24H30FN3O6. The van der Waals surface area contributed by atoms with Crippen molar-refractivity contribution < 1.29 is 32.7 Å². The van der Waals surface area contributed by atoms with Crippen molar-refractivity contribution in [1.29, 1.82) is 0 Å². The van der Waals surface area contributed by atoms with Crippen LogP contribution in [0, 0.1) is 11.7 Å². The first kappa shape index (κ1) is 24.1. The topological polar surface area (TPSA) is 111 Å².